The number of aryl methyl sites for hydroxylation is 1. The maximum Gasteiger partial charge on any atom is 0.0478 e. The van der Waals surface area contributed by atoms with Gasteiger partial charge in [0.1, 0.15) is 0 Å². The molecule has 2 aromatic rings. The molecule has 0 bridgehead atoms. The van der Waals surface area contributed by atoms with E-state index in [1.807, 2.05) is 0 Å². The van der Waals surface area contributed by atoms with Gasteiger partial charge >= 0.3 is 0 Å². The molecule has 0 spiro atoms. The molecule has 0 saturated carbocycles. The van der Waals surface area contributed by atoms with Gasteiger partial charge in [-0.1, -0.05) is 12.1 Å². The minimum absolute atomic E-state index is 0. The molecule has 2 nitrogen and oxygen atoms in total. The number of pyridine rings is 1. The molecule has 1 radical (unpaired) electrons. The summed E-state index contributed by atoms with van der Waals surface area (Å²) in [5.74, 6) is 0. The molecule has 87 valence electrons. The second-order valence-corrected chi connectivity index (χ2v) is 3.02. The van der Waals surface area contributed by atoms with Gasteiger partial charge in [-0.2, -0.15) is 18.6 Å². The van der Waals surface area contributed by atoms with E-state index in [2.05, 4.69) is 11.9 Å². The van der Waals surface area contributed by atoms with Crippen LogP contribution < -0.4 is 0 Å². The summed E-state index contributed by atoms with van der Waals surface area (Å²) in [5, 5.41) is 0. The number of nitrogens with zero attached hydrogens (tertiary/aromatic N) is 1. The largest absolute Gasteiger partial charge is 0.412 e. The van der Waals surface area contributed by atoms with Gasteiger partial charge in [0.05, 0.1) is 0 Å². The van der Waals surface area contributed by atoms with Crippen molar-refractivity contribution in [2.45, 2.75) is 6.85 Å². The summed E-state index contributed by atoms with van der Waals surface area (Å²) in [6, 6.07) is 8.67. The van der Waals surface area contributed by atoms with Gasteiger partial charge in [0.15, 0.2) is 0 Å². The van der Waals surface area contributed by atoms with Crippen molar-refractivity contribution in [3.05, 3.63) is 60.6 Å². The molecule has 1 heterocycles. The van der Waals surface area contributed by atoms with Crippen LogP contribution in [0.4, 0.5) is 0 Å². The molecule has 2 N–H and O–H groups in total. The first-order valence-corrected chi connectivity index (χ1v) is 4.27. The van der Waals surface area contributed by atoms with Crippen LogP contribution in [0.15, 0.2) is 42.6 Å². The smallest absolute Gasteiger partial charge is 0.0478 e. The molecule has 1 aromatic heterocycles. The number of hydrogen-bond acceptors (Lipinski definition) is 1. The summed E-state index contributed by atoms with van der Waals surface area (Å²) < 4.78 is 29.3. The normalized spacial score (nSPS) is 13.2. The second kappa shape index (κ2) is 6.44. The van der Waals surface area contributed by atoms with Gasteiger partial charge in [-0.15, -0.1) is 17.7 Å². The first kappa shape index (κ1) is 8.94. The molecule has 3 heteroatoms. The molecule has 0 atom stereocenters. The maximum absolute atomic E-state index is 7.48. The van der Waals surface area contributed by atoms with Gasteiger partial charge in [0, 0.05) is 37.5 Å². The number of aromatic nitrogens is 1. The van der Waals surface area contributed by atoms with E-state index in [4.69, 9.17) is 5.48 Å². The summed E-state index contributed by atoms with van der Waals surface area (Å²) in [7, 11) is 0. The first-order valence-electron chi connectivity index (χ1n) is 6.27. The molecule has 0 fully saturated rings. The summed E-state index contributed by atoms with van der Waals surface area (Å²) in [5.41, 5.74) is 2.39. The van der Waals surface area contributed by atoms with Crippen LogP contribution in [0.5, 0.6) is 0 Å². The quantitative estimate of drug-likeness (QED) is 0.683. The van der Waals surface area contributed by atoms with Crippen LogP contribution in [-0.4, -0.2) is 10.5 Å². The minimum Gasteiger partial charge on any atom is -0.412 e. The maximum atomic E-state index is 7.48. The third kappa shape index (κ3) is 3.17. The van der Waals surface area contributed by atoms with E-state index >= 15 is 0 Å². The predicted octanol–water partition coefficient (Wildman–Crippen LogP) is 2.41. The van der Waals surface area contributed by atoms with Crippen molar-refractivity contribution in [2.24, 2.45) is 0 Å². The van der Waals surface area contributed by atoms with Crippen LogP contribution in [0, 0.1) is 13.8 Å². The Balaban J connectivity index is 0.00000180. The Morgan fingerprint density at radius 2 is 2.12 bits per heavy atom. The zero-order valence-corrected chi connectivity index (χ0v) is 10.8. The molecule has 2 rings (SSSR count). The molecule has 0 unspecified atom stereocenters. The molecule has 0 saturated heterocycles. The first-order chi connectivity index (χ1) is 8.38. The van der Waals surface area contributed by atoms with E-state index < -0.39 is 6.85 Å². The Labute approximate surface area is 115 Å². The van der Waals surface area contributed by atoms with Crippen LogP contribution in [0.3, 0.4) is 0 Å². The fraction of sp³-hybridized carbons (Fsp3) is 0.0769. The molecule has 0 aliphatic carbocycles. The average molecular weight is 397 g/mol. The van der Waals surface area contributed by atoms with E-state index in [0.717, 1.165) is 5.56 Å². The van der Waals surface area contributed by atoms with Crippen molar-refractivity contribution in [3.63, 3.8) is 0 Å². The number of hydrogen-bond donors (Lipinski definition) is 0. The van der Waals surface area contributed by atoms with E-state index in [9.17, 15) is 0 Å². The Kier molecular flexibility index (Phi) is 3.60. The Morgan fingerprint density at radius 3 is 2.69 bits per heavy atom. The van der Waals surface area contributed by atoms with Crippen LogP contribution in [0.25, 0.3) is 11.3 Å². The molecule has 0 aliphatic rings. The molecular weight excluding hydrogens is 378 g/mol. The van der Waals surface area contributed by atoms with Crippen molar-refractivity contribution in [3.8, 4) is 11.3 Å². The van der Waals surface area contributed by atoms with Gasteiger partial charge in [0.2, 0.25) is 0 Å². The molecule has 0 aliphatic heterocycles. The summed E-state index contributed by atoms with van der Waals surface area (Å²) in [6.45, 7) is 1.72. The molecule has 16 heavy (non-hydrogen) atoms. The SMILES string of the molecule is O.[2H]c1ccc(-c2ccc(C([2H])([2H])[2H])cn2)c([CH2-])c1.[Ir]. The van der Waals surface area contributed by atoms with Gasteiger partial charge < -0.3 is 5.48 Å². The average Bonchev–Trinajstić information content (AvgIpc) is 2.28. The molecule has 1 aromatic carbocycles. The summed E-state index contributed by atoms with van der Waals surface area (Å²) >= 11 is 0. The van der Waals surface area contributed by atoms with Gasteiger partial charge in [0.25, 0.3) is 0 Å². The standard InChI is InChI=1S/C13H12N.Ir.H2O/c1-10-7-8-13(14-9-10)12-6-4-3-5-11(12)2;;/h3-9H,2H2,1H3;;1H2/q-1;;/i1D3,3D;;. The summed E-state index contributed by atoms with van der Waals surface area (Å²) in [6.07, 6.45) is 1.36. The zero-order chi connectivity index (χ0) is 13.3. The molecular formula is C13H14IrNO-. The van der Waals surface area contributed by atoms with E-state index in [0.29, 0.717) is 17.3 Å². The van der Waals surface area contributed by atoms with E-state index in [1.54, 1.807) is 30.3 Å². The van der Waals surface area contributed by atoms with Crippen molar-refractivity contribution in [1.82, 2.24) is 4.98 Å². The predicted molar refractivity (Wildman–Crippen MR) is 62.5 cm³/mol. The van der Waals surface area contributed by atoms with E-state index in [-0.39, 0.29) is 31.1 Å². The van der Waals surface area contributed by atoms with Crippen molar-refractivity contribution in [2.75, 3.05) is 0 Å². The van der Waals surface area contributed by atoms with E-state index in [1.165, 1.54) is 6.20 Å². The van der Waals surface area contributed by atoms with Gasteiger partial charge in [-0.3, -0.25) is 4.98 Å². The monoisotopic (exact) mass is 397 g/mol. The van der Waals surface area contributed by atoms with Crippen molar-refractivity contribution in [1.29, 1.82) is 0 Å². The Hall–Kier alpha value is -1.15. The third-order valence-corrected chi connectivity index (χ3v) is 1.99. The van der Waals surface area contributed by atoms with Crippen LogP contribution in [0.1, 0.15) is 16.6 Å². The topological polar surface area (TPSA) is 44.4 Å². The van der Waals surface area contributed by atoms with Crippen molar-refractivity contribution < 1.29 is 31.1 Å². The third-order valence-electron chi connectivity index (χ3n) is 1.99. The zero-order valence-electron chi connectivity index (χ0n) is 12.5. The van der Waals surface area contributed by atoms with Crippen molar-refractivity contribution >= 4 is 0 Å². The Bertz CT molecular complexity index is 570. The number of benzene rings is 1. The second-order valence-electron chi connectivity index (χ2n) is 3.02. The minimum atomic E-state index is -2.14. The van der Waals surface area contributed by atoms with Crippen LogP contribution in [-0.2, 0) is 20.1 Å². The van der Waals surface area contributed by atoms with Crippen LogP contribution in [0.2, 0.25) is 0 Å². The van der Waals surface area contributed by atoms with Crippen LogP contribution >= 0.6 is 0 Å². The fourth-order valence-corrected chi connectivity index (χ4v) is 1.27. The Morgan fingerprint density at radius 1 is 1.31 bits per heavy atom. The summed E-state index contributed by atoms with van der Waals surface area (Å²) in [4.78, 5) is 4.14. The fourth-order valence-electron chi connectivity index (χ4n) is 1.27. The number of rotatable bonds is 1. The van der Waals surface area contributed by atoms with Gasteiger partial charge in [-0.25, -0.2) is 0 Å². The van der Waals surface area contributed by atoms with Gasteiger partial charge in [-0.05, 0) is 18.5 Å². The molecule has 0 amide bonds.